The Morgan fingerprint density at radius 1 is 1.32 bits per heavy atom. The van der Waals surface area contributed by atoms with Crippen LogP contribution in [0.5, 0.6) is 0 Å². The van der Waals surface area contributed by atoms with Gasteiger partial charge >= 0.3 is 5.97 Å². The summed E-state index contributed by atoms with van der Waals surface area (Å²) in [7, 11) is 0. The zero-order chi connectivity index (χ0) is 13.8. The van der Waals surface area contributed by atoms with Crippen molar-refractivity contribution in [3.05, 3.63) is 56.2 Å². The molecule has 0 amide bonds. The molecule has 1 N–H and O–H groups in total. The second-order valence-corrected chi connectivity index (χ2v) is 5.58. The third-order valence-electron chi connectivity index (χ3n) is 2.44. The molecule has 19 heavy (non-hydrogen) atoms. The van der Waals surface area contributed by atoms with Crippen LogP contribution in [-0.2, 0) is 0 Å². The SMILES string of the molecule is N#C/C(=C\c1cc(Br)cs1)c1ccc(C(=O)O)cc1. The lowest BCUT2D eigenvalue weighted by Gasteiger charge is -1.99. The highest BCUT2D eigenvalue weighted by Gasteiger charge is 2.05. The zero-order valence-corrected chi connectivity index (χ0v) is 12.0. The molecule has 0 aliphatic rings. The molecule has 0 saturated heterocycles. The number of halogens is 1. The van der Waals surface area contributed by atoms with E-state index < -0.39 is 5.97 Å². The van der Waals surface area contributed by atoms with Crippen molar-refractivity contribution in [3.63, 3.8) is 0 Å². The van der Waals surface area contributed by atoms with Gasteiger partial charge in [-0.2, -0.15) is 5.26 Å². The maximum atomic E-state index is 10.8. The van der Waals surface area contributed by atoms with Crippen LogP contribution in [0.25, 0.3) is 11.6 Å². The Morgan fingerprint density at radius 3 is 2.42 bits per heavy atom. The summed E-state index contributed by atoms with van der Waals surface area (Å²) in [4.78, 5) is 11.7. The van der Waals surface area contributed by atoms with Gasteiger partial charge in [0.1, 0.15) is 0 Å². The molecule has 0 spiro atoms. The van der Waals surface area contributed by atoms with E-state index in [9.17, 15) is 10.1 Å². The van der Waals surface area contributed by atoms with E-state index in [0.717, 1.165) is 9.35 Å². The van der Waals surface area contributed by atoms with Crippen LogP contribution < -0.4 is 0 Å². The highest BCUT2D eigenvalue weighted by atomic mass is 79.9. The van der Waals surface area contributed by atoms with Gasteiger partial charge in [-0.15, -0.1) is 11.3 Å². The Bertz CT molecular complexity index is 680. The second kappa shape index (κ2) is 5.83. The number of thiophene rings is 1. The molecule has 0 radical (unpaired) electrons. The van der Waals surface area contributed by atoms with E-state index in [-0.39, 0.29) is 5.56 Å². The van der Waals surface area contributed by atoms with Gasteiger partial charge < -0.3 is 5.11 Å². The van der Waals surface area contributed by atoms with Gasteiger partial charge in [0.05, 0.1) is 17.2 Å². The van der Waals surface area contributed by atoms with Crippen molar-refractivity contribution in [2.24, 2.45) is 0 Å². The van der Waals surface area contributed by atoms with Crippen LogP contribution in [0.2, 0.25) is 0 Å². The van der Waals surface area contributed by atoms with Gasteiger partial charge in [0, 0.05) is 14.7 Å². The number of carboxylic acid groups (broad SMARTS) is 1. The molecule has 1 heterocycles. The summed E-state index contributed by atoms with van der Waals surface area (Å²) in [5.74, 6) is -0.976. The van der Waals surface area contributed by atoms with Crippen LogP contribution >= 0.6 is 27.3 Å². The van der Waals surface area contributed by atoms with E-state index in [1.165, 1.54) is 23.5 Å². The number of aromatic carboxylic acids is 1. The average Bonchev–Trinajstić information content (AvgIpc) is 2.81. The van der Waals surface area contributed by atoms with E-state index in [1.54, 1.807) is 18.2 Å². The van der Waals surface area contributed by atoms with Gasteiger partial charge in [-0.25, -0.2) is 4.79 Å². The van der Waals surface area contributed by atoms with E-state index >= 15 is 0 Å². The molecule has 94 valence electrons. The smallest absolute Gasteiger partial charge is 0.335 e. The summed E-state index contributed by atoms with van der Waals surface area (Å²) in [6, 6.07) is 10.3. The maximum absolute atomic E-state index is 10.8. The lowest BCUT2D eigenvalue weighted by molar-refractivity contribution is 0.0697. The minimum atomic E-state index is -0.976. The van der Waals surface area contributed by atoms with E-state index in [1.807, 2.05) is 11.4 Å². The number of carbonyl (C=O) groups is 1. The normalized spacial score (nSPS) is 11.1. The summed E-state index contributed by atoms with van der Waals surface area (Å²) in [6.45, 7) is 0. The predicted octanol–water partition coefficient (Wildman–Crippen LogP) is 4.27. The fourth-order valence-corrected chi connectivity index (χ4v) is 2.89. The highest BCUT2D eigenvalue weighted by Crippen LogP contribution is 2.25. The van der Waals surface area contributed by atoms with E-state index in [0.29, 0.717) is 11.1 Å². The van der Waals surface area contributed by atoms with Gasteiger partial charge in [-0.3, -0.25) is 0 Å². The van der Waals surface area contributed by atoms with Crippen LogP contribution in [-0.4, -0.2) is 11.1 Å². The lowest BCUT2D eigenvalue weighted by atomic mass is 10.0. The summed E-state index contributed by atoms with van der Waals surface area (Å²) >= 11 is 4.89. The molecule has 0 fully saturated rings. The van der Waals surface area contributed by atoms with Crippen molar-refractivity contribution < 1.29 is 9.90 Å². The highest BCUT2D eigenvalue weighted by molar-refractivity contribution is 9.10. The number of nitriles is 1. The molecule has 0 bridgehead atoms. The number of allylic oxidation sites excluding steroid dienone is 1. The van der Waals surface area contributed by atoms with Gasteiger partial charge in [-0.1, -0.05) is 12.1 Å². The summed E-state index contributed by atoms with van der Waals surface area (Å²) in [5.41, 5.74) is 1.42. The maximum Gasteiger partial charge on any atom is 0.335 e. The lowest BCUT2D eigenvalue weighted by Crippen LogP contribution is -1.95. The molecule has 0 saturated carbocycles. The van der Waals surface area contributed by atoms with Crippen LogP contribution in [0.1, 0.15) is 20.8 Å². The monoisotopic (exact) mass is 333 g/mol. The number of carboxylic acids is 1. The predicted molar refractivity (Wildman–Crippen MR) is 78.9 cm³/mol. The van der Waals surface area contributed by atoms with Crippen LogP contribution in [0.4, 0.5) is 0 Å². The zero-order valence-electron chi connectivity index (χ0n) is 9.63. The number of rotatable bonds is 3. The Labute approximate surface area is 122 Å². The molecule has 0 atom stereocenters. The number of benzene rings is 1. The summed E-state index contributed by atoms with van der Waals surface area (Å²) in [5, 5.41) is 19.9. The fourth-order valence-electron chi connectivity index (χ4n) is 1.52. The Kier molecular flexibility index (Phi) is 4.15. The van der Waals surface area contributed by atoms with Gasteiger partial charge in [-0.05, 0) is 45.8 Å². The second-order valence-electron chi connectivity index (χ2n) is 3.72. The van der Waals surface area contributed by atoms with Crippen molar-refractivity contribution in [3.8, 4) is 6.07 Å². The van der Waals surface area contributed by atoms with Crippen molar-refractivity contribution in [2.75, 3.05) is 0 Å². The quantitative estimate of drug-likeness (QED) is 0.853. The molecular formula is C14H8BrNO2S. The van der Waals surface area contributed by atoms with Gasteiger partial charge in [0.2, 0.25) is 0 Å². The molecule has 3 nitrogen and oxygen atoms in total. The topological polar surface area (TPSA) is 61.1 Å². The van der Waals surface area contributed by atoms with Gasteiger partial charge in [0.15, 0.2) is 0 Å². The van der Waals surface area contributed by atoms with Crippen LogP contribution in [0, 0.1) is 11.3 Å². The van der Waals surface area contributed by atoms with E-state index in [2.05, 4.69) is 22.0 Å². The average molecular weight is 334 g/mol. The molecule has 0 unspecified atom stereocenters. The summed E-state index contributed by atoms with van der Waals surface area (Å²) < 4.78 is 0.974. The summed E-state index contributed by atoms with van der Waals surface area (Å²) in [6.07, 6.45) is 1.78. The molecule has 2 rings (SSSR count). The third kappa shape index (κ3) is 3.31. The minimum Gasteiger partial charge on any atom is -0.478 e. The number of hydrogen-bond donors (Lipinski definition) is 1. The minimum absolute atomic E-state index is 0.208. The van der Waals surface area contributed by atoms with Crippen molar-refractivity contribution in [1.29, 1.82) is 5.26 Å². The molecule has 0 aliphatic carbocycles. The van der Waals surface area contributed by atoms with Crippen molar-refractivity contribution >= 4 is 44.9 Å². The largest absolute Gasteiger partial charge is 0.478 e. The molecule has 5 heteroatoms. The Balaban J connectivity index is 2.35. The first-order valence-electron chi connectivity index (χ1n) is 5.29. The standard InChI is InChI=1S/C14H8BrNO2S/c15-12-6-13(19-8-12)5-11(7-16)9-1-3-10(4-2-9)14(17)18/h1-6,8H,(H,17,18)/b11-5+. The van der Waals surface area contributed by atoms with Gasteiger partial charge in [0.25, 0.3) is 0 Å². The first kappa shape index (κ1) is 13.5. The number of nitrogens with zero attached hydrogens (tertiary/aromatic N) is 1. The molecule has 2 aromatic rings. The molecular weight excluding hydrogens is 326 g/mol. The molecule has 1 aromatic carbocycles. The Hall–Kier alpha value is -1.90. The molecule has 1 aromatic heterocycles. The third-order valence-corrected chi connectivity index (χ3v) is 4.08. The van der Waals surface area contributed by atoms with Crippen molar-refractivity contribution in [2.45, 2.75) is 0 Å². The van der Waals surface area contributed by atoms with E-state index in [4.69, 9.17) is 5.11 Å². The first-order chi connectivity index (χ1) is 9.10. The number of hydrogen-bond acceptors (Lipinski definition) is 3. The fraction of sp³-hybridized carbons (Fsp3) is 0. The molecule has 0 aliphatic heterocycles. The van der Waals surface area contributed by atoms with Crippen molar-refractivity contribution in [1.82, 2.24) is 0 Å². The Morgan fingerprint density at radius 2 is 1.95 bits per heavy atom. The van der Waals surface area contributed by atoms with Crippen LogP contribution in [0.3, 0.4) is 0 Å². The van der Waals surface area contributed by atoms with Crippen LogP contribution in [0.15, 0.2) is 40.2 Å². The first-order valence-corrected chi connectivity index (χ1v) is 6.97.